The van der Waals surface area contributed by atoms with Gasteiger partial charge in [-0.05, 0) is 25.7 Å². The maximum atomic E-state index is 11.9. The molecule has 1 aromatic heterocycles. The van der Waals surface area contributed by atoms with Crippen LogP contribution in [0.2, 0.25) is 0 Å². The molecule has 2 rings (SSSR count). The first-order valence-corrected chi connectivity index (χ1v) is 7.12. The normalized spacial score (nSPS) is 17.6. The van der Waals surface area contributed by atoms with Gasteiger partial charge >= 0.3 is 6.03 Å². The molecule has 0 spiro atoms. The van der Waals surface area contributed by atoms with Crippen molar-refractivity contribution in [2.75, 3.05) is 13.2 Å². The van der Waals surface area contributed by atoms with Crippen molar-refractivity contribution >= 4 is 6.03 Å². The summed E-state index contributed by atoms with van der Waals surface area (Å²) in [6.45, 7) is 5.02. The van der Waals surface area contributed by atoms with E-state index in [9.17, 15) is 9.90 Å². The zero-order valence-corrected chi connectivity index (χ0v) is 12.1. The lowest BCUT2D eigenvalue weighted by Gasteiger charge is -2.28. The Morgan fingerprint density at radius 1 is 1.60 bits per heavy atom. The molecule has 7 nitrogen and oxygen atoms in total. The number of hydrogen-bond donors (Lipinski definition) is 3. The molecular formula is C13H23N5O2. The highest BCUT2D eigenvalue weighted by Gasteiger charge is 2.42. The van der Waals surface area contributed by atoms with Crippen LogP contribution >= 0.6 is 0 Å². The van der Waals surface area contributed by atoms with Crippen LogP contribution in [-0.4, -0.2) is 44.6 Å². The van der Waals surface area contributed by atoms with Gasteiger partial charge in [-0.3, -0.25) is 0 Å². The first-order valence-electron chi connectivity index (χ1n) is 7.12. The molecule has 1 aromatic rings. The molecule has 20 heavy (non-hydrogen) atoms. The average Bonchev–Trinajstić information content (AvgIpc) is 3.20. The van der Waals surface area contributed by atoms with Gasteiger partial charge in [0.05, 0.1) is 12.1 Å². The van der Waals surface area contributed by atoms with E-state index >= 15 is 0 Å². The van der Waals surface area contributed by atoms with E-state index in [-0.39, 0.29) is 12.6 Å². The van der Waals surface area contributed by atoms with E-state index in [0.717, 1.165) is 25.1 Å². The number of hydrogen-bond acceptors (Lipinski definition) is 4. The van der Waals surface area contributed by atoms with Crippen molar-refractivity contribution in [1.29, 1.82) is 0 Å². The van der Waals surface area contributed by atoms with Gasteiger partial charge in [-0.2, -0.15) is 0 Å². The second kappa shape index (κ2) is 6.21. The summed E-state index contributed by atoms with van der Waals surface area (Å²) in [4.78, 5) is 11.9. The van der Waals surface area contributed by atoms with Gasteiger partial charge in [0, 0.05) is 19.5 Å². The standard InChI is InChI=1S/C13H23N5O2/c1-3-11-17-15-9-18(11)7-6-14-12(20)16-13(2,8-19)10-4-5-10/h9-10,19H,3-8H2,1-2H3,(H2,14,16,20). The van der Waals surface area contributed by atoms with Crippen molar-refractivity contribution in [2.24, 2.45) is 5.92 Å². The predicted octanol–water partition coefficient (Wildman–Crippen LogP) is 0.301. The minimum absolute atomic E-state index is 0.0312. The Labute approximate surface area is 118 Å². The first-order chi connectivity index (χ1) is 9.59. The fourth-order valence-electron chi connectivity index (χ4n) is 2.32. The van der Waals surface area contributed by atoms with Gasteiger partial charge < -0.3 is 20.3 Å². The minimum Gasteiger partial charge on any atom is -0.394 e. The lowest BCUT2D eigenvalue weighted by Crippen LogP contribution is -2.54. The molecule has 1 aliphatic carbocycles. The molecule has 3 N–H and O–H groups in total. The number of aryl methyl sites for hydroxylation is 1. The molecule has 1 aliphatic rings. The van der Waals surface area contributed by atoms with Gasteiger partial charge in [-0.1, -0.05) is 6.92 Å². The highest BCUT2D eigenvalue weighted by molar-refractivity contribution is 5.74. The summed E-state index contributed by atoms with van der Waals surface area (Å²) in [5.41, 5.74) is -0.505. The number of carbonyl (C=O) groups is 1. The van der Waals surface area contributed by atoms with Crippen LogP contribution in [0.15, 0.2) is 6.33 Å². The number of urea groups is 1. The molecule has 112 valence electrons. The molecule has 0 aromatic carbocycles. The Hall–Kier alpha value is -1.63. The van der Waals surface area contributed by atoms with E-state index in [1.165, 1.54) is 0 Å². The zero-order valence-electron chi connectivity index (χ0n) is 12.1. The van der Waals surface area contributed by atoms with Crippen molar-refractivity contribution in [3.63, 3.8) is 0 Å². The van der Waals surface area contributed by atoms with E-state index in [0.29, 0.717) is 19.0 Å². The Bertz CT molecular complexity index is 457. The van der Waals surface area contributed by atoms with Gasteiger partial charge in [0.15, 0.2) is 0 Å². The molecule has 1 saturated carbocycles. The molecule has 1 unspecified atom stereocenters. The van der Waals surface area contributed by atoms with Gasteiger partial charge in [0.2, 0.25) is 0 Å². The van der Waals surface area contributed by atoms with E-state index in [2.05, 4.69) is 20.8 Å². The SMILES string of the molecule is CCc1nncn1CCNC(=O)NC(C)(CO)C1CC1. The van der Waals surface area contributed by atoms with Crippen LogP contribution < -0.4 is 10.6 Å². The Morgan fingerprint density at radius 3 is 2.95 bits per heavy atom. The van der Waals surface area contributed by atoms with E-state index in [1.807, 2.05) is 18.4 Å². The molecule has 2 amide bonds. The quantitative estimate of drug-likeness (QED) is 0.670. The van der Waals surface area contributed by atoms with Gasteiger partial charge in [0.1, 0.15) is 12.2 Å². The maximum Gasteiger partial charge on any atom is 0.315 e. The molecular weight excluding hydrogens is 258 g/mol. The van der Waals surface area contributed by atoms with Crippen molar-refractivity contribution in [3.8, 4) is 0 Å². The molecule has 0 saturated heterocycles. The number of aliphatic hydroxyl groups excluding tert-OH is 1. The molecule has 0 aliphatic heterocycles. The maximum absolute atomic E-state index is 11.9. The number of nitrogens with one attached hydrogen (secondary N) is 2. The molecule has 1 fully saturated rings. The van der Waals surface area contributed by atoms with Crippen molar-refractivity contribution in [3.05, 3.63) is 12.2 Å². The summed E-state index contributed by atoms with van der Waals surface area (Å²) in [5.74, 6) is 1.30. The summed E-state index contributed by atoms with van der Waals surface area (Å²) in [7, 11) is 0. The lowest BCUT2D eigenvalue weighted by molar-refractivity contribution is 0.155. The van der Waals surface area contributed by atoms with Crippen LogP contribution in [0.5, 0.6) is 0 Å². The predicted molar refractivity (Wildman–Crippen MR) is 74.1 cm³/mol. The Morgan fingerprint density at radius 2 is 2.35 bits per heavy atom. The van der Waals surface area contributed by atoms with Crippen LogP contribution in [0.1, 0.15) is 32.5 Å². The Balaban J connectivity index is 1.75. The third kappa shape index (κ3) is 3.47. The molecule has 1 heterocycles. The second-order valence-corrected chi connectivity index (χ2v) is 5.52. The van der Waals surface area contributed by atoms with Crippen molar-refractivity contribution < 1.29 is 9.90 Å². The van der Waals surface area contributed by atoms with Gasteiger partial charge in [0.25, 0.3) is 0 Å². The van der Waals surface area contributed by atoms with Crippen LogP contribution in [0.25, 0.3) is 0 Å². The third-order valence-electron chi connectivity index (χ3n) is 3.86. The van der Waals surface area contributed by atoms with Crippen molar-refractivity contribution in [1.82, 2.24) is 25.4 Å². The Kier molecular flexibility index (Phi) is 4.59. The summed E-state index contributed by atoms with van der Waals surface area (Å²) in [6.07, 6.45) is 4.62. The van der Waals surface area contributed by atoms with E-state index in [1.54, 1.807) is 6.33 Å². The summed E-state index contributed by atoms with van der Waals surface area (Å²) < 4.78 is 1.92. The zero-order chi connectivity index (χ0) is 14.6. The van der Waals surface area contributed by atoms with E-state index in [4.69, 9.17) is 0 Å². The number of aliphatic hydroxyl groups is 1. The topological polar surface area (TPSA) is 92.1 Å². The lowest BCUT2D eigenvalue weighted by atomic mass is 9.97. The fourth-order valence-corrected chi connectivity index (χ4v) is 2.32. The van der Waals surface area contributed by atoms with Crippen LogP contribution in [0, 0.1) is 5.92 Å². The molecule has 1 atom stereocenters. The van der Waals surface area contributed by atoms with E-state index < -0.39 is 5.54 Å². The van der Waals surface area contributed by atoms with Crippen molar-refractivity contribution in [2.45, 2.75) is 45.2 Å². The second-order valence-electron chi connectivity index (χ2n) is 5.52. The minimum atomic E-state index is -0.505. The monoisotopic (exact) mass is 281 g/mol. The highest BCUT2D eigenvalue weighted by atomic mass is 16.3. The summed E-state index contributed by atoms with van der Waals surface area (Å²) in [6, 6.07) is -0.237. The third-order valence-corrected chi connectivity index (χ3v) is 3.86. The number of nitrogens with zero attached hydrogens (tertiary/aromatic N) is 3. The van der Waals surface area contributed by atoms with Crippen LogP contribution in [0.4, 0.5) is 4.79 Å². The van der Waals surface area contributed by atoms with Gasteiger partial charge in [-0.15, -0.1) is 10.2 Å². The fraction of sp³-hybridized carbons (Fsp3) is 0.769. The largest absolute Gasteiger partial charge is 0.394 e. The smallest absolute Gasteiger partial charge is 0.315 e. The van der Waals surface area contributed by atoms with Gasteiger partial charge in [-0.25, -0.2) is 4.79 Å². The average molecular weight is 281 g/mol. The number of aromatic nitrogens is 3. The van der Waals surface area contributed by atoms with Crippen LogP contribution in [-0.2, 0) is 13.0 Å². The summed E-state index contributed by atoms with van der Waals surface area (Å²) in [5, 5.41) is 22.9. The number of amides is 2. The highest BCUT2D eigenvalue weighted by Crippen LogP contribution is 2.39. The summed E-state index contributed by atoms with van der Waals surface area (Å²) >= 11 is 0. The number of carbonyl (C=O) groups excluding carboxylic acids is 1. The van der Waals surface area contributed by atoms with Crippen LogP contribution in [0.3, 0.4) is 0 Å². The number of rotatable bonds is 7. The molecule has 0 bridgehead atoms. The first kappa shape index (κ1) is 14.8. The molecule has 7 heteroatoms. The molecule has 0 radical (unpaired) electrons.